The van der Waals surface area contributed by atoms with Crippen molar-refractivity contribution in [2.75, 3.05) is 0 Å². The molecule has 0 bridgehead atoms. The molecule has 0 spiro atoms. The third-order valence-electron chi connectivity index (χ3n) is 2.68. The Morgan fingerprint density at radius 3 is 2.32 bits per heavy atom. The summed E-state index contributed by atoms with van der Waals surface area (Å²) in [5.74, 6) is -0.214. The summed E-state index contributed by atoms with van der Waals surface area (Å²) in [6, 6.07) is 8.36. The van der Waals surface area contributed by atoms with E-state index in [0.717, 1.165) is 5.56 Å². The molecule has 2 aromatic rings. The number of nitrogens with zero attached hydrogens (tertiary/aromatic N) is 1. The number of pyridine rings is 1. The molecular weight excluding hydrogens is 283 g/mol. The highest BCUT2D eigenvalue weighted by Gasteiger charge is 2.12. The molecule has 0 radical (unpaired) electrons. The summed E-state index contributed by atoms with van der Waals surface area (Å²) in [5.41, 5.74) is 1.43. The van der Waals surface area contributed by atoms with Crippen LogP contribution in [0.4, 0.5) is 0 Å². The molecule has 0 saturated heterocycles. The van der Waals surface area contributed by atoms with Crippen molar-refractivity contribution in [1.29, 1.82) is 0 Å². The summed E-state index contributed by atoms with van der Waals surface area (Å²) in [6.07, 6.45) is 3.38. The topological polar surface area (TPSA) is 42.0 Å². The second-order valence-electron chi connectivity index (χ2n) is 4.13. The standard InChI is InChI=1S/C14H12Cl2N2O/c1-9(10-2-4-17-5-3-10)18-14(19)11-6-12(15)8-13(16)7-11/h2-9H,1H3,(H,18,19). The minimum Gasteiger partial charge on any atom is -0.346 e. The normalized spacial score (nSPS) is 11.9. The van der Waals surface area contributed by atoms with Gasteiger partial charge in [-0.2, -0.15) is 0 Å². The molecular formula is C14H12Cl2N2O. The van der Waals surface area contributed by atoms with Crippen molar-refractivity contribution in [1.82, 2.24) is 10.3 Å². The number of nitrogens with one attached hydrogen (secondary N) is 1. The Kier molecular flexibility index (Phi) is 4.40. The van der Waals surface area contributed by atoms with Crippen LogP contribution in [-0.4, -0.2) is 10.9 Å². The summed E-state index contributed by atoms with van der Waals surface area (Å²) < 4.78 is 0. The second-order valence-corrected chi connectivity index (χ2v) is 5.01. The molecule has 5 heteroatoms. The van der Waals surface area contributed by atoms with E-state index in [9.17, 15) is 4.79 Å². The van der Waals surface area contributed by atoms with Crippen molar-refractivity contribution in [3.8, 4) is 0 Å². The minimum atomic E-state index is -0.214. The van der Waals surface area contributed by atoms with Crippen molar-refractivity contribution in [3.63, 3.8) is 0 Å². The van der Waals surface area contributed by atoms with Crippen LogP contribution in [0, 0.1) is 0 Å². The molecule has 0 fully saturated rings. The first-order valence-electron chi connectivity index (χ1n) is 5.73. The number of carbonyl (C=O) groups excluding carboxylic acids is 1. The first kappa shape index (κ1) is 13.8. The van der Waals surface area contributed by atoms with Gasteiger partial charge in [0.15, 0.2) is 0 Å². The van der Waals surface area contributed by atoms with Crippen molar-refractivity contribution >= 4 is 29.1 Å². The zero-order chi connectivity index (χ0) is 13.8. The molecule has 2 rings (SSSR count). The van der Waals surface area contributed by atoms with E-state index in [-0.39, 0.29) is 11.9 Å². The monoisotopic (exact) mass is 294 g/mol. The molecule has 1 aromatic carbocycles. The van der Waals surface area contributed by atoms with E-state index in [4.69, 9.17) is 23.2 Å². The zero-order valence-electron chi connectivity index (χ0n) is 10.2. The Labute approximate surface area is 121 Å². The fraction of sp³-hybridized carbons (Fsp3) is 0.143. The van der Waals surface area contributed by atoms with Crippen LogP contribution in [0.5, 0.6) is 0 Å². The summed E-state index contributed by atoms with van der Waals surface area (Å²) in [6.45, 7) is 1.90. The second kappa shape index (κ2) is 6.04. The third kappa shape index (κ3) is 3.69. The molecule has 1 unspecified atom stereocenters. The highest BCUT2D eigenvalue weighted by atomic mass is 35.5. The predicted octanol–water partition coefficient (Wildman–Crippen LogP) is 3.88. The Morgan fingerprint density at radius 2 is 1.74 bits per heavy atom. The quantitative estimate of drug-likeness (QED) is 0.933. The van der Waals surface area contributed by atoms with Gasteiger partial charge in [0, 0.05) is 28.0 Å². The molecule has 1 aromatic heterocycles. The fourth-order valence-corrected chi connectivity index (χ4v) is 2.23. The molecule has 98 valence electrons. The Balaban J connectivity index is 2.13. The van der Waals surface area contributed by atoms with Crippen molar-refractivity contribution in [2.45, 2.75) is 13.0 Å². The van der Waals surface area contributed by atoms with Gasteiger partial charge in [-0.15, -0.1) is 0 Å². The van der Waals surface area contributed by atoms with Gasteiger partial charge in [-0.1, -0.05) is 23.2 Å². The molecule has 1 heterocycles. The maximum absolute atomic E-state index is 12.1. The Hall–Kier alpha value is -1.58. The molecule has 0 aliphatic rings. The van der Waals surface area contributed by atoms with Gasteiger partial charge < -0.3 is 5.32 Å². The number of rotatable bonds is 3. The molecule has 1 N–H and O–H groups in total. The van der Waals surface area contributed by atoms with Gasteiger partial charge in [0.2, 0.25) is 0 Å². The average molecular weight is 295 g/mol. The van der Waals surface area contributed by atoms with Crippen LogP contribution in [0.25, 0.3) is 0 Å². The van der Waals surface area contributed by atoms with Gasteiger partial charge in [0.05, 0.1) is 6.04 Å². The number of aromatic nitrogens is 1. The first-order chi connectivity index (χ1) is 9.06. The summed E-state index contributed by atoms with van der Waals surface area (Å²) in [7, 11) is 0. The molecule has 0 aliphatic heterocycles. The highest BCUT2D eigenvalue weighted by molar-refractivity contribution is 6.35. The van der Waals surface area contributed by atoms with Crippen LogP contribution in [0.1, 0.15) is 28.9 Å². The van der Waals surface area contributed by atoms with Crippen molar-refractivity contribution in [3.05, 3.63) is 63.9 Å². The fourth-order valence-electron chi connectivity index (χ4n) is 1.70. The minimum absolute atomic E-state index is 0.117. The predicted molar refractivity (Wildman–Crippen MR) is 76.6 cm³/mol. The van der Waals surface area contributed by atoms with E-state index < -0.39 is 0 Å². The number of amides is 1. The molecule has 1 amide bonds. The van der Waals surface area contributed by atoms with E-state index in [1.54, 1.807) is 30.6 Å². The number of benzene rings is 1. The molecule has 3 nitrogen and oxygen atoms in total. The first-order valence-corrected chi connectivity index (χ1v) is 6.49. The molecule has 0 saturated carbocycles. The molecule has 0 aliphatic carbocycles. The van der Waals surface area contributed by atoms with Gasteiger partial charge in [-0.25, -0.2) is 0 Å². The maximum atomic E-state index is 12.1. The van der Waals surface area contributed by atoms with Crippen molar-refractivity contribution in [2.24, 2.45) is 0 Å². The largest absolute Gasteiger partial charge is 0.346 e. The van der Waals surface area contributed by atoms with Gasteiger partial charge in [0.1, 0.15) is 0 Å². The van der Waals surface area contributed by atoms with Crippen LogP contribution >= 0.6 is 23.2 Å². The Morgan fingerprint density at radius 1 is 1.16 bits per heavy atom. The van der Waals surface area contributed by atoms with Crippen molar-refractivity contribution < 1.29 is 4.79 Å². The van der Waals surface area contributed by atoms with Crippen LogP contribution in [-0.2, 0) is 0 Å². The lowest BCUT2D eigenvalue weighted by molar-refractivity contribution is 0.0940. The highest BCUT2D eigenvalue weighted by Crippen LogP contribution is 2.20. The smallest absolute Gasteiger partial charge is 0.251 e. The maximum Gasteiger partial charge on any atom is 0.251 e. The number of halogens is 2. The Bertz CT molecular complexity index is 567. The molecule has 1 atom stereocenters. The van der Waals surface area contributed by atoms with E-state index in [0.29, 0.717) is 15.6 Å². The lowest BCUT2D eigenvalue weighted by Gasteiger charge is -2.14. The van der Waals surface area contributed by atoms with Crippen LogP contribution in [0.2, 0.25) is 10.0 Å². The van der Waals surface area contributed by atoms with E-state index in [2.05, 4.69) is 10.3 Å². The molecule has 19 heavy (non-hydrogen) atoms. The van der Waals surface area contributed by atoms with E-state index in [1.165, 1.54) is 0 Å². The van der Waals surface area contributed by atoms with Gasteiger partial charge in [-0.3, -0.25) is 9.78 Å². The van der Waals surface area contributed by atoms with Gasteiger partial charge >= 0.3 is 0 Å². The van der Waals surface area contributed by atoms with E-state index >= 15 is 0 Å². The summed E-state index contributed by atoms with van der Waals surface area (Å²) in [4.78, 5) is 16.0. The van der Waals surface area contributed by atoms with Crippen LogP contribution < -0.4 is 5.32 Å². The number of hydrogen-bond acceptors (Lipinski definition) is 2. The number of hydrogen-bond donors (Lipinski definition) is 1. The zero-order valence-corrected chi connectivity index (χ0v) is 11.7. The SMILES string of the molecule is CC(NC(=O)c1cc(Cl)cc(Cl)c1)c1ccncc1. The van der Waals surface area contributed by atoms with Crippen LogP contribution in [0.3, 0.4) is 0 Å². The van der Waals surface area contributed by atoms with Gasteiger partial charge in [-0.05, 0) is 42.8 Å². The average Bonchev–Trinajstić information content (AvgIpc) is 2.38. The lowest BCUT2D eigenvalue weighted by atomic mass is 10.1. The summed E-state index contributed by atoms with van der Waals surface area (Å²) in [5, 5.41) is 3.76. The number of carbonyl (C=O) groups is 1. The van der Waals surface area contributed by atoms with Gasteiger partial charge in [0.25, 0.3) is 5.91 Å². The summed E-state index contributed by atoms with van der Waals surface area (Å²) >= 11 is 11.8. The van der Waals surface area contributed by atoms with Crippen LogP contribution in [0.15, 0.2) is 42.7 Å². The lowest BCUT2D eigenvalue weighted by Crippen LogP contribution is -2.26. The van der Waals surface area contributed by atoms with E-state index in [1.807, 2.05) is 19.1 Å². The third-order valence-corrected chi connectivity index (χ3v) is 3.11.